The maximum atomic E-state index is 12.6. The molecular weight excluding hydrogens is 417 g/mol. The molecule has 0 saturated heterocycles. The minimum atomic E-state index is -0.470. The van der Waals surface area contributed by atoms with Crippen LogP contribution in [0, 0.1) is 0 Å². The Kier molecular flexibility index (Phi) is 6.73. The van der Waals surface area contributed by atoms with Gasteiger partial charge in [0.05, 0.1) is 22.2 Å². The maximum absolute atomic E-state index is 12.6. The second-order valence-electron chi connectivity index (χ2n) is 5.92. The molecule has 0 aliphatic heterocycles. The highest BCUT2D eigenvalue weighted by Gasteiger charge is 2.20. The lowest BCUT2D eigenvalue weighted by Crippen LogP contribution is -2.14. The van der Waals surface area contributed by atoms with Gasteiger partial charge < -0.3 is 10.1 Å². The van der Waals surface area contributed by atoms with Crippen molar-refractivity contribution in [1.82, 2.24) is 0 Å². The number of esters is 1. The Balaban J connectivity index is 1.87. The van der Waals surface area contributed by atoms with Crippen LogP contribution in [0.4, 0.5) is 5.00 Å². The number of ether oxygens (including phenoxy) is 1. The van der Waals surface area contributed by atoms with Crippen molar-refractivity contribution < 1.29 is 14.3 Å². The molecule has 1 amide bonds. The fourth-order valence-electron chi connectivity index (χ4n) is 2.59. The van der Waals surface area contributed by atoms with E-state index in [9.17, 15) is 9.59 Å². The number of hydrogen-bond acceptors (Lipinski definition) is 4. The molecule has 0 fully saturated rings. The zero-order valence-electron chi connectivity index (χ0n) is 15.0. The third kappa shape index (κ3) is 4.93. The summed E-state index contributed by atoms with van der Waals surface area (Å²) in [6.45, 7) is 1.99. The molecule has 0 aliphatic carbocycles. The first kappa shape index (κ1) is 20.4. The highest BCUT2D eigenvalue weighted by molar-refractivity contribution is 7.16. The average molecular weight is 434 g/mol. The van der Waals surface area contributed by atoms with Gasteiger partial charge in [0.15, 0.2) is 0 Å². The van der Waals surface area contributed by atoms with Gasteiger partial charge in [0.2, 0.25) is 0 Å². The molecule has 0 saturated carbocycles. The second kappa shape index (κ2) is 9.24. The predicted molar refractivity (Wildman–Crippen MR) is 114 cm³/mol. The van der Waals surface area contributed by atoms with Crippen LogP contribution in [0.5, 0.6) is 0 Å². The van der Waals surface area contributed by atoms with Crippen LogP contribution in [0.25, 0.3) is 0 Å². The van der Waals surface area contributed by atoms with Crippen molar-refractivity contribution in [2.45, 2.75) is 13.3 Å². The minimum Gasteiger partial charge on any atom is -0.462 e. The van der Waals surface area contributed by atoms with Crippen molar-refractivity contribution in [2.75, 3.05) is 11.9 Å². The summed E-state index contributed by atoms with van der Waals surface area (Å²) in [5.41, 5.74) is 1.80. The largest absolute Gasteiger partial charge is 0.462 e. The second-order valence-corrected chi connectivity index (χ2v) is 7.87. The van der Waals surface area contributed by atoms with E-state index in [1.165, 1.54) is 17.4 Å². The van der Waals surface area contributed by atoms with Gasteiger partial charge in [-0.15, -0.1) is 11.3 Å². The molecule has 0 bridgehead atoms. The van der Waals surface area contributed by atoms with Crippen LogP contribution in [0.2, 0.25) is 10.0 Å². The first-order valence-corrected chi connectivity index (χ1v) is 10.1. The molecule has 7 heteroatoms. The van der Waals surface area contributed by atoms with Crippen LogP contribution < -0.4 is 5.32 Å². The Morgan fingerprint density at radius 2 is 1.79 bits per heavy atom. The SMILES string of the molecule is CCOC(=O)c1cc(Cc2ccccc2)sc1NC(=O)c1ccc(Cl)c(Cl)c1. The molecule has 2 aromatic carbocycles. The monoisotopic (exact) mass is 433 g/mol. The molecule has 0 atom stereocenters. The number of rotatable bonds is 6. The number of thiophene rings is 1. The van der Waals surface area contributed by atoms with E-state index in [4.69, 9.17) is 27.9 Å². The van der Waals surface area contributed by atoms with Gasteiger partial charge in [0.1, 0.15) is 5.00 Å². The van der Waals surface area contributed by atoms with E-state index in [0.29, 0.717) is 27.6 Å². The highest BCUT2D eigenvalue weighted by atomic mass is 35.5. The summed E-state index contributed by atoms with van der Waals surface area (Å²) in [7, 11) is 0. The molecule has 4 nitrogen and oxygen atoms in total. The van der Waals surface area contributed by atoms with Crippen molar-refractivity contribution in [3.63, 3.8) is 0 Å². The third-order valence-corrected chi connectivity index (χ3v) is 5.70. The molecule has 0 unspecified atom stereocenters. The zero-order valence-corrected chi connectivity index (χ0v) is 17.3. The summed E-state index contributed by atoms with van der Waals surface area (Å²) < 4.78 is 5.13. The number of carbonyl (C=O) groups is 2. The van der Waals surface area contributed by atoms with E-state index in [1.54, 1.807) is 25.1 Å². The lowest BCUT2D eigenvalue weighted by atomic mass is 10.1. The number of hydrogen-bond donors (Lipinski definition) is 1. The molecule has 0 spiro atoms. The van der Waals surface area contributed by atoms with Gasteiger partial charge in [0.25, 0.3) is 5.91 Å². The number of halogens is 2. The molecule has 3 rings (SSSR count). The first-order chi connectivity index (χ1) is 13.5. The summed E-state index contributed by atoms with van der Waals surface area (Å²) in [4.78, 5) is 25.9. The van der Waals surface area contributed by atoms with Crippen molar-refractivity contribution in [3.8, 4) is 0 Å². The normalized spacial score (nSPS) is 10.5. The van der Waals surface area contributed by atoms with Crippen molar-refractivity contribution >= 4 is 51.4 Å². The number of nitrogens with one attached hydrogen (secondary N) is 1. The molecule has 144 valence electrons. The van der Waals surface area contributed by atoms with Crippen LogP contribution in [0.1, 0.15) is 38.1 Å². The highest BCUT2D eigenvalue weighted by Crippen LogP contribution is 2.31. The molecule has 0 aliphatic rings. The lowest BCUT2D eigenvalue weighted by molar-refractivity contribution is 0.0528. The van der Waals surface area contributed by atoms with Gasteiger partial charge in [-0.1, -0.05) is 53.5 Å². The van der Waals surface area contributed by atoms with E-state index >= 15 is 0 Å². The first-order valence-electron chi connectivity index (χ1n) is 8.58. The Bertz CT molecular complexity index is 1000. The Hall–Kier alpha value is -2.34. The van der Waals surface area contributed by atoms with Gasteiger partial charge >= 0.3 is 5.97 Å². The van der Waals surface area contributed by atoms with E-state index in [-0.39, 0.29) is 17.5 Å². The predicted octanol–water partition coefficient (Wildman–Crippen LogP) is 6.07. The smallest absolute Gasteiger partial charge is 0.341 e. The third-order valence-electron chi connectivity index (χ3n) is 3.91. The summed E-state index contributed by atoms with van der Waals surface area (Å²) in [6.07, 6.45) is 0.653. The van der Waals surface area contributed by atoms with Gasteiger partial charge in [-0.25, -0.2) is 4.79 Å². The Morgan fingerprint density at radius 3 is 2.46 bits per heavy atom. The standard InChI is InChI=1S/C21H17Cl2NO3S/c1-2-27-21(26)16-12-15(10-13-6-4-3-5-7-13)28-20(16)24-19(25)14-8-9-17(22)18(23)11-14/h3-9,11-12H,2,10H2,1H3,(H,24,25). The number of amides is 1. The van der Waals surface area contributed by atoms with Crippen LogP contribution in [-0.4, -0.2) is 18.5 Å². The van der Waals surface area contributed by atoms with Gasteiger partial charge in [0, 0.05) is 16.9 Å². The molecular formula is C21H17Cl2NO3S. The molecule has 1 N–H and O–H groups in total. The van der Waals surface area contributed by atoms with Crippen LogP contribution >= 0.6 is 34.5 Å². The minimum absolute atomic E-state index is 0.253. The van der Waals surface area contributed by atoms with Crippen molar-refractivity contribution in [1.29, 1.82) is 0 Å². The topological polar surface area (TPSA) is 55.4 Å². The van der Waals surface area contributed by atoms with Crippen molar-refractivity contribution in [2.24, 2.45) is 0 Å². The van der Waals surface area contributed by atoms with Crippen LogP contribution in [0.15, 0.2) is 54.6 Å². The summed E-state index contributed by atoms with van der Waals surface area (Å²) in [5.74, 6) is -0.847. The molecule has 1 heterocycles. The van der Waals surface area contributed by atoms with Gasteiger partial charge in [-0.3, -0.25) is 4.79 Å². The van der Waals surface area contributed by atoms with Crippen LogP contribution in [-0.2, 0) is 11.2 Å². The Labute approximate surface area is 177 Å². The molecule has 1 aromatic heterocycles. The number of carbonyl (C=O) groups excluding carboxylic acids is 2. The number of benzene rings is 2. The summed E-state index contributed by atoms with van der Waals surface area (Å²) in [6, 6.07) is 16.3. The van der Waals surface area contributed by atoms with Crippen LogP contribution in [0.3, 0.4) is 0 Å². The Morgan fingerprint density at radius 1 is 1.04 bits per heavy atom. The molecule has 0 radical (unpaired) electrons. The summed E-state index contributed by atoms with van der Waals surface area (Å²) in [5, 5.41) is 3.90. The summed E-state index contributed by atoms with van der Waals surface area (Å²) >= 11 is 13.2. The lowest BCUT2D eigenvalue weighted by Gasteiger charge is -2.07. The number of anilines is 1. The molecule has 3 aromatic rings. The fourth-order valence-corrected chi connectivity index (χ4v) is 3.96. The van der Waals surface area contributed by atoms with E-state index in [0.717, 1.165) is 10.4 Å². The average Bonchev–Trinajstić information content (AvgIpc) is 3.07. The van der Waals surface area contributed by atoms with Gasteiger partial charge in [-0.05, 0) is 36.8 Å². The fraction of sp³-hybridized carbons (Fsp3) is 0.143. The molecule has 28 heavy (non-hydrogen) atoms. The van der Waals surface area contributed by atoms with Crippen molar-refractivity contribution in [3.05, 3.63) is 86.2 Å². The van der Waals surface area contributed by atoms with Gasteiger partial charge in [-0.2, -0.15) is 0 Å². The maximum Gasteiger partial charge on any atom is 0.341 e. The zero-order chi connectivity index (χ0) is 20.1. The van der Waals surface area contributed by atoms with E-state index in [2.05, 4.69) is 5.32 Å². The van der Waals surface area contributed by atoms with E-state index < -0.39 is 5.97 Å². The van der Waals surface area contributed by atoms with E-state index in [1.807, 2.05) is 30.3 Å². The quantitative estimate of drug-likeness (QED) is 0.479.